The Kier molecular flexibility index (Phi) is 4.55. The van der Waals surface area contributed by atoms with Crippen molar-refractivity contribution < 1.29 is 9.90 Å². The first-order valence-corrected chi connectivity index (χ1v) is 5.54. The van der Waals surface area contributed by atoms with Gasteiger partial charge in [0.05, 0.1) is 6.42 Å². The van der Waals surface area contributed by atoms with Crippen LogP contribution in [0.15, 0.2) is 18.3 Å². The number of carboxylic acids is 1. The van der Waals surface area contributed by atoms with E-state index in [1.165, 1.54) is 5.69 Å². The van der Waals surface area contributed by atoms with E-state index in [1.807, 2.05) is 32.2 Å². The number of aromatic amines is 1. The SMILES string of the molecule is CC(C)(CNCCc1ccc[nH]1)CC(=O)O. The maximum absolute atomic E-state index is 10.6. The zero-order chi connectivity index (χ0) is 12.0. The molecule has 4 heteroatoms. The average Bonchev–Trinajstić information content (AvgIpc) is 2.62. The summed E-state index contributed by atoms with van der Waals surface area (Å²) in [5, 5.41) is 12.0. The molecule has 0 aromatic carbocycles. The molecule has 0 fully saturated rings. The number of hydrogen-bond acceptors (Lipinski definition) is 2. The molecule has 0 aliphatic carbocycles. The zero-order valence-corrected chi connectivity index (χ0v) is 9.92. The van der Waals surface area contributed by atoms with Crippen molar-refractivity contribution in [3.63, 3.8) is 0 Å². The lowest BCUT2D eigenvalue weighted by molar-refractivity contribution is -0.139. The first-order chi connectivity index (χ1) is 7.49. The minimum absolute atomic E-state index is 0.193. The summed E-state index contributed by atoms with van der Waals surface area (Å²) in [6.45, 7) is 5.51. The Morgan fingerprint density at radius 3 is 2.88 bits per heavy atom. The van der Waals surface area contributed by atoms with Gasteiger partial charge in [-0.1, -0.05) is 13.8 Å². The Morgan fingerprint density at radius 1 is 1.56 bits per heavy atom. The summed E-state index contributed by atoms with van der Waals surface area (Å²) in [6, 6.07) is 4.02. The molecule has 1 heterocycles. The summed E-state index contributed by atoms with van der Waals surface area (Å²) < 4.78 is 0. The molecular weight excluding hydrogens is 204 g/mol. The Labute approximate surface area is 96.1 Å². The zero-order valence-electron chi connectivity index (χ0n) is 9.92. The van der Waals surface area contributed by atoms with Crippen molar-refractivity contribution in [1.29, 1.82) is 0 Å². The van der Waals surface area contributed by atoms with E-state index in [2.05, 4.69) is 10.3 Å². The van der Waals surface area contributed by atoms with Gasteiger partial charge in [-0.15, -0.1) is 0 Å². The van der Waals surface area contributed by atoms with Crippen LogP contribution < -0.4 is 5.32 Å². The van der Waals surface area contributed by atoms with E-state index in [9.17, 15) is 4.79 Å². The van der Waals surface area contributed by atoms with Crippen LogP contribution in [0.1, 0.15) is 26.0 Å². The summed E-state index contributed by atoms with van der Waals surface area (Å²) in [5.74, 6) is -0.740. The Morgan fingerprint density at radius 2 is 2.31 bits per heavy atom. The molecule has 0 saturated heterocycles. The van der Waals surface area contributed by atoms with Crippen LogP contribution in [0.25, 0.3) is 0 Å². The van der Waals surface area contributed by atoms with Crippen LogP contribution in [0.2, 0.25) is 0 Å². The molecule has 0 unspecified atom stereocenters. The van der Waals surface area contributed by atoms with E-state index < -0.39 is 5.97 Å². The molecular formula is C12H20N2O2. The first-order valence-electron chi connectivity index (χ1n) is 5.54. The molecule has 0 aliphatic rings. The topological polar surface area (TPSA) is 65.1 Å². The van der Waals surface area contributed by atoms with Gasteiger partial charge in [-0.05, 0) is 24.0 Å². The fourth-order valence-corrected chi connectivity index (χ4v) is 1.64. The minimum Gasteiger partial charge on any atom is -0.481 e. The standard InChI is InChI=1S/C12H20N2O2/c1-12(2,8-11(15)16)9-13-7-5-10-4-3-6-14-10/h3-4,6,13-14H,5,7-9H2,1-2H3,(H,15,16). The highest BCUT2D eigenvalue weighted by atomic mass is 16.4. The molecule has 16 heavy (non-hydrogen) atoms. The van der Waals surface area contributed by atoms with Crippen LogP contribution in [0.4, 0.5) is 0 Å². The monoisotopic (exact) mass is 224 g/mol. The van der Waals surface area contributed by atoms with E-state index in [0.717, 1.165) is 19.5 Å². The molecule has 0 bridgehead atoms. The van der Waals surface area contributed by atoms with Crippen LogP contribution in [0.3, 0.4) is 0 Å². The minimum atomic E-state index is -0.740. The van der Waals surface area contributed by atoms with E-state index >= 15 is 0 Å². The highest BCUT2D eigenvalue weighted by molar-refractivity contribution is 5.67. The fourth-order valence-electron chi connectivity index (χ4n) is 1.64. The fraction of sp³-hybridized carbons (Fsp3) is 0.583. The molecule has 1 rings (SSSR count). The van der Waals surface area contributed by atoms with Gasteiger partial charge in [-0.3, -0.25) is 4.79 Å². The first kappa shape index (κ1) is 12.8. The van der Waals surface area contributed by atoms with Crippen LogP contribution in [-0.2, 0) is 11.2 Å². The molecule has 90 valence electrons. The van der Waals surface area contributed by atoms with Gasteiger partial charge in [0.2, 0.25) is 0 Å². The predicted molar refractivity (Wildman–Crippen MR) is 63.4 cm³/mol. The summed E-state index contributed by atoms with van der Waals surface area (Å²) in [5.41, 5.74) is 1.00. The Hall–Kier alpha value is -1.29. The second-order valence-corrected chi connectivity index (χ2v) is 4.86. The van der Waals surface area contributed by atoms with Crippen molar-refractivity contribution in [2.24, 2.45) is 5.41 Å². The number of nitrogens with one attached hydrogen (secondary N) is 2. The van der Waals surface area contributed by atoms with Gasteiger partial charge in [0.25, 0.3) is 0 Å². The summed E-state index contributed by atoms with van der Waals surface area (Å²) in [6.07, 6.45) is 3.04. The van der Waals surface area contributed by atoms with Crippen molar-refractivity contribution in [2.45, 2.75) is 26.7 Å². The molecule has 3 N–H and O–H groups in total. The summed E-state index contributed by atoms with van der Waals surface area (Å²) >= 11 is 0. The normalized spacial score (nSPS) is 11.6. The second kappa shape index (κ2) is 5.70. The number of carboxylic acid groups (broad SMARTS) is 1. The van der Waals surface area contributed by atoms with E-state index in [4.69, 9.17) is 5.11 Å². The van der Waals surface area contributed by atoms with E-state index in [1.54, 1.807) is 0 Å². The number of rotatable bonds is 7. The maximum Gasteiger partial charge on any atom is 0.303 e. The third kappa shape index (κ3) is 4.98. The molecule has 0 amide bonds. The molecule has 0 saturated carbocycles. The van der Waals surface area contributed by atoms with Crippen LogP contribution in [0, 0.1) is 5.41 Å². The molecule has 0 atom stereocenters. The smallest absolute Gasteiger partial charge is 0.303 e. The second-order valence-electron chi connectivity index (χ2n) is 4.86. The van der Waals surface area contributed by atoms with Crippen molar-refractivity contribution in [1.82, 2.24) is 10.3 Å². The molecule has 0 aliphatic heterocycles. The molecule has 1 aromatic heterocycles. The number of H-pyrrole nitrogens is 1. The lowest BCUT2D eigenvalue weighted by atomic mass is 9.89. The van der Waals surface area contributed by atoms with E-state index in [-0.39, 0.29) is 11.8 Å². The Balaban J connectivity index is 2.17. The van der Waals surface area contributed by atoms with E-state index in [0.29, 0.717) is 0 Å². The van der Waals surface area contributed by atoms with Gasteiger partial charge in [0.1, 0.15) is 0 Å². The van der Waals surface area contributed by atoms with Crippen LogP contribution in [-0.4, -0.2) is 29.1 Å². The number of aliphatic carboxylic acids is 1. The predicted octanol–water partition coefficient (Wildman–Crippen LogP) is 1.65. The largest absolute Gasteiger partial charge is 0.481 e. The van der Waals surface area contributed by atoms with Gasteiger partial charge in [0.15, 0.2) is 0 Å². The average molecular weight is 224 g/mol. The Bertz CT molecular complexity index is 318. The summed E-state index contributed by atoms with van der Waals surface area (Å²) in [4.78, 5) is 13.7. The highest BCUT2D eigenvalue weighted by Crippen LogP contribution is 2.18. The number of aromatic nitrogens is 1. The third-order valence-corrected chi connectivity index (χ3v) is 2.47. The maximum atomic E-state index is 10.6. The molecule has 0 radical (unpaired) electrons. The van der Waals surface area contributed by atoms with Crippen LogP contribution >= 0.6 is 0 Å². The number of carbonyl (C=O) groups is 1. The van der Waals surface area contributed by atoms with Gasteiger partial charge in [-0.25, -0.2) is 0 Å². The van der Waals surface area contributed by atoms with Gasteiger partial charge < -0.3 is 15.4 Å². The van der Waals surface area contributed by atoms with Crippen molar-refractivity contribution in [2.75, 3.05) is 13.1 Å². The van der Waals surface area contributed by atoms with Crippen molar-refractivity contribution >= 4 is 5.97 Å². The van der Waals surface area contributed by atoms with Gasteiger partial charge in [0, 0.05) is 25.0 Å². The third-order valence-electron chi connectivity index (χ3n) is 2.47. The van der Waals surface area contributed by atoms with Crippen LogP contribution in [0.5, 0.6) is 0 Å². The van der Waals surface area contributed by atoms with Crippen molar-refractivity contribution in [3.8, 4) is 0 Å². The number of hydrogen-bond donors (Lipinski definition) is 3. The quantitative estimate of drug-likeness (QED) is 0.617. The van der Waals surface area contributed by atoms with Gasteiger partial charge in [-0.2, -0.15) is 0 Å². The van der Waals surface area contributed by atoms with Gasteiger partial charge >= 0.3 is 5.97 Å². The lowest BCUT2D eigenvalue weighted by Gasteiger charge is -2.22. The molecule has 1 aromatic rings. The molecule has 0 spiro atoms. The molecule has 4 nitrogen and oxygen atoms in total. The van der Waals surface area contributed by atoms with Crippen molar-refractivity contribution in [3.05, 3.63) is 24.0 Å². The summed E-state index contributed by atoms with van der Waals surface area (Å²) in [7, 11) is 0. The highest BCUT2D eigenvalue weighted by Gasteiger charge is 2.20. The lowest BCUT2D eigenvalue weighted by Crippen LogP contribution is -2.32.